The molecule has 0 fully saturated rings. The van der Waals surface area contributed by atoms with Crippen LogP contribution in [0, 0.1) is 0 Å². The number of phenolic OH excluding ortho intramolecular Hbond substituents is 1. The number of anilines is 2. The molecule has 1 aromatic heterocycles. The van der Waals surface area contributed by atoms with Gasteiger partial charge in [0.2, 0.25) is 0 Å². The second-order valence-electron chi connectivity index (χ2n) is 2.96. The highest BCUT2D eigenvalue weighted by Gasteiger charge is 1.99. The summed E-state index contributed by atoms with van der Waals surface area (Å²) in [5.41, 5.74) is 1.67. The summed E-state index contributed by atoms with van der Waals surface area (Å²) in [5.74, 6) is 0.237. The first-order valence-corrected chi connectivity index (χ1v) is 5.30. The molecule has 0 radical (unpaired) electrons. The lowest BCUT2D eigenvalue weighted by molar-refractivity contribution is 0.475. The van der Waals surface area contributed by atoms with Crippen molar-refractivity contribution in [1.29, 1.82) is 0 Å². The Kier molecular flexibility index (Phi) is 2.69. The third kappa shape index (κ3) is 2.35. The van der Waals surface area contributed by atoms with E-state index in [1.165, 1.54) is 11.3 Å². The number of aromatic nitrogens is 1. The molecule has 0 aliphatic rings. The number of aromatic hydroxyl groups is 1. The molecule has 1 heterocycles. The monoisotopic (exact) mass is 218 g/mol. The quantitative estimate of drug-likeness (QED) is 0.831. The maximum absolute atomic E-state index is 9.27. The van der Waals surface area contributed by atoms with Gasteiger partial charge in [0.05, 0.1) is 5.69 Å². The minimum atomic E-state index is 0.237. The van der Waals surface area contributed by atoms with Crippen LogP contribution in [0.5, 0.6) is 5.75 Å². The van der Waals surface area contributed by atoms with Crippen molar-refractivity contribution in [1.82, 2.24) is 4.98 Å². The summed E-state index contributed by atoms with van der Waals surface area (Å²) in [6, 6.07) is 6.92. The topological polar surface area (TPSA) is 45.1 Å². The molecule has 0 unspecified atom stereocenters. The van der Waals surface area contributed by atoms with Gasteiger partial charge in [0.1, 0.15) is 5.75 Å². The Morgan fingerprint density at radius 3 is 3.00 bits per heavy atom. The van der Waals surface area contributed by atoms with Gasteiger partial charge in [-0.15, -0.1) is 11.3 Å². The Labute approximate surface area is 91.7 Å². The van der Waals surface area contributed by atoms with E-state index < -0.39 is 0 Å². The summed E-state index contributed by atoms with van der Waals surface area (Å²) >= 11 is 1.50. The molecule has 1 aromatic carbocycles. The molecule has 76 valence electrons. The van der Waals surface area contributed by atoms with Gasteiger partial charge >= 0.3 is 0 Å². The van der Waals surface area contributed by atoms with Crippen molar-refractivity contribution < 1.29 is 5.11 Å². The summed E-state index contributed by atoms with van der Waals surface area (Å²) in [7, 11) is 0. The first-order chi connectivity index (χ1) is 7.28. The number of hydrogen-bond donors (Lipinski definition) is 2. The first kappa shape index (κ1) is 9.73. The third-order valence-corrected chi connectivity index (χ3v) is 2.60. The van der Waals surface area contributed by atoms with Gasteiger partial charge in [0.25, 0.3) is 0 Å². The van der Waals surface area contributed by atoms with Crippen LogP contribution in [-0.2, 0) is 0 Å². The molecule has 0 saturated carbocycles. The van der Waals surface area contributed by atoms with Crippen molar-refractivity contribution in [3.8, 4) is 5.75 Å². The van der Waals surface area contributed by atoms with Gasteiger partial charge in [0, 0.05) is 17.1 Å². The average molecular weight is 218 g/mol. The number of hydrogen-bond acceptors (Lipinski definition) is 4. The number of nitrogens with one attached hydrogen (secondary N) is 1. The molecular weight excluding hydrogens is 208 g/mol. The Balaban J connectivity index is 2.18. The molecule has 0 bridgehead atoms. The van der Waals surface area contributed by atoms with E-state index in [9.17, 15) is 5.11 Å². The second-order valence-corrected chi connectivity index (χ2v) is 3.82. The van der Waals surface area contributed by atoms with Crippen LogP contribution >= 0.6 is 11.3 Å². The summed E-state index contributed by atoms with van der Waals surface area (Å²) in [5, 5.41) is 15.1. The van der Waals surface area contributed by atoms with Crippen LogP contribution in [0.15, 0.2) is 36.2 Å². The van der Waals surface area contributed by atoms with Crippen LogP contribution in [0.1, 0.15) is 5.69 Å². The van der Waals surface area contributed by atoms with Crippen molar-refractivity contribution in [2.24, 2.45) is 0 Å². The molecule has 2 N–H and O–H groups in total. The van der Waals surface area contributed by atoms with Gasteiger partial charge in [-0.3, -0.25) is 0 Å². The number of thiazole rings is 1. The Bertz CT molecular complexity index is 479. The van der Waals surface area contributed by atoms with Gasteiger partial charge in [-0.1, -0.05) is 12.6 Å². The summed E-state index contributed by atoms with van der Waals surface area (Å²) in [6.45, 7) is 3.64. The van der Waals surface area contributed by atoms with Crippen molar-refractivity contribution >= 4 is 28.2 Å². The van der Waals surface area contributed by atoms with Gasteiger partial charge < -0.3 is 10.4 Å². The van der Waals surface area contributed by atoms with Crippen LogP contribution in [-0.4, -0.2) is 10.1 Å². The zero-order chi connectivity index (χ0) is 10.7. The highest BCUT2D eigenvalue weighted by molar-refractivity contribution is 7.13. The average Bonchev–Trinajstić information content (AvgIpc) is 2.65. The number of benzene rings is 1. The summed E-state index contributed by atoms with van der Waals surface area (Å²) < 4.78 is 0. The van der Waals surface area contributed by atoms with E-state index in [-0.39, 0.29) is 5.75 Å². The molecule has 0 aliphatic heterocycles. The SMILES string of the molecule is C=Cc1csc(Nc2cccc(O)c2)n1. The smallest absolute Gasteiger partial charge is 0.187 e. The van der Waals surface area contributed by atoms with E-state index in [2.05, 4.69) is 16.9 Å². The third-order valence-electron chi connectivity index (χ3n) is 1.83. The number of phenols is 1. The molecule has 15 heavy (non-hydrogen) atoms. The highest BCUT2D eigenvalue weighted by atomic mass is 32.1. The molecule has 0 saturated heterocycles. The minimum Gasteiger partial charge on any atom is -0.508 e. The molecule has 0 spiro atoms. The molecule has 0 amide bonds. The lowest BCUT2D eigenvalue weighted by atomic mass is 10.3. The molecule has 0 atom stereocenters. The predicted octanol–water partition coefficient (Wildman–Crippen LogP) is 3.24. The fraction of sp³-hybridized carbons (Fsp3) is 0. The Morgan fingerprint density at radius 2 is 2.33 bits per heavy atom. The lowest BCUT2D eigenvalue weighted by Gasteiger charge is -2.01. The van der Waals surface area contributed by atoms with E-state index in [1.54, 1.807) is 24.3 Å². The predicted molar refractivity (Wildman–Crippen MR) is 63.6 cm³/mol. The van der Waals surface area contributed by atoms with E-state index >= 15 is 0 Å². The second kappa shape index (κ2) is 4.14. The van der Waals surface area contributed by atoms with Crippen molar-refractivity contribution in [3.63, 3.8) is 0 Å². The maximum atomic E-state index is 9.27. The van der Waals surface area contributed by atoms with E-state index in [1.807, 2.05) is 11.4 Å². The minimum absolute atomic E-state index is 0.237. The fourth-order valence-electron chi connectivity index (χ4n) is 1.14. The first-order valence-electron chi connectivity index (χ1n) is 4.42. The van der Waals surface area contributed by atoms with Crippen LogP contribution in [0.2, 0.25) is 0 Å². The van der Waals surface area contributed by atoms with Gasteiger partial charge in [-0.05, 0) is 18.2 Å². The van der Waals surface area contributed by atoms with Crippen LogP contribution in [0.4, 0.5) is 10.8 Å². The van der Waals surface area contributed by atoms with Crippen molar-refractivity contribution in [3.05, 3.63) is 41.9 Å². The molecule has 2 aromatic rings. The number of rotatable bonds is 3. The lowest BCUT2D eigenvalue weighted by Crippen LogP contribution is -1.88. The fourth-order valence-corrected chi connectivity index (χ4v) is 1.86. The van der Waals surface area contributed by atoms with E-state index in [4.69, 9.17) is 0 Å². The molecule has 4 heteroatoms. The Hall–Kier alpha value is -1.81. The zero-order valence-electron chi connectivity index (χ0n) is 7.97. The maximum Gasteiger partial charge on any atom is 0.187 e. The van der Waals surface area contributed by atoms with Crippen molar-refractivity contribution in [2.75, 3.05) is 5.32 Å². The van der Waals surface area contributed by atoms with Gasteiger partial charge in [-0.2, -0.15) is 0 Å². The molecule has 3 nitrogen and oxygen atoms in total. The van der Waals surface area contributed by atoms with E-state index in [0.717, 1.165) is 16.5 Å². The molecule has 2 rings (SSSR count). The Morgan fingerprint density at radius 1 is 1.47 bits per heavy atom. The van der Waals surface area contributed by atoms with Crippen LogP contribution < -0.4 is 5.32 Å². The van der Waals surface area contributed by atoms with Gasteiger partial charge in [0.15, 0.2) is 5.13 Å². The zero-order valence-corrected chi connectivity index (χ0v) is 8.79. The molecule has 0 aliphatic carbocycles. The van der Waals surface area contributed by atoms with E-state index in [0.29, 0.717) is 0 Å². The summed E-state index contributed by atoms with van der Waals surface area (Å²) in [4.78, 5) is 4.26. The van der Waals surface area contributed by atoms with Crippen molar-refractivity contribution in [2.45, 2.75) is 0 Å². The highest BCUT2D eigenvalue weighted by Crippen LogP contribution is 2.23. The van der Waals surface area contributed by atoms with Crippen LogP contribution in [0.25, 0.3) is 6.08 Å². The standard InChI is InChI=1S/C11H10N2OS/c1-2-8-7-15-11(12-8)13-9-4-3-5-10(14)6-9/h2-7,14H,1H2,(H,12,13). The number of nitrogens with zero attached hydrogens (tertiary/aromatic N) is 1. The molecular formula is C11H10N2OS. The van der Waals surface area contributed by atoms with Gasteiger partial charge in [-0.25, -0.2) is 4.98 Å². The van der Waals surface area contributed by atoms with Crippen LogP contribution in [0.3, 0.4) is 0 Å². The summed E-state index contributed by atoms with van der Waals surface area (Å²) in [6.07, 6.45) is 1.70. The largest absolute Gasteiger partial charge is 0.508 e. The normalized spacial score (nSPS) is 9.87.